The number of amides is 1. The van der Waals surface area contributed by atoms with Gasteiger partial charge in [-0.25, -0.2) is 0 Å². The van der Waals surface area contributed by atoms with Gasteiger partial charge in [-0.2, -0.15) is 0 Å². The molecule has 140 valence electrons. The molecule has 27 heavy (non-hydrogen) atoms. The SMILES string of the molecule is Cc1cc(C(=O)NCc2cccc(N(C)C)c2)c(C)n1Cc1ccccc1. The minimum absolute atomic E-state index is 0.0299. The summed E-state index contributed by atoms with van der Waals surface area (Å²) in [4.78, 5) is 14.8. The lowest BCUT2D eigenvalue weighted by molar-refractivity contribution is 0.0950. The molecule has 0 aliphatic carbocycles. The smallest absolute Gasteiger partial charge is 0.253 e. The maximum absolute atomic E-state index is 12.7. The quantitative estimate of drug-likeness (QED) is 0.716. The Morgan fingerprint density at radius 3 is 2.37 bits per heavy atom. The summed E-state index contributed by atoms with van der Waals surface area (Å²) in [7, 11) is 4.03. The van der Waals surface area contributed by atoms with Crippen LogP contribution >= 0.6 is 0 Å². The third-order valence-electron chi connectivity index (χ3n) is 4.88. The molecule has 4 nitrogen and oxygen atoms in total. The Balaban J connectivity index is 1.72. The molecule has 0 saturated carbocycles. The number of carbonyl (C=O) groups excluding carboxylic acids is 1. The van der Waals surface area contributed by atoms with E-state index in [4.69, 9.17) is 0 Å². The van der Waals surface area contributed by atoms with Crippen molar-refractivity contribution >= 4 is 11.6 Å². The molecule has 4 heteroatoms. The number of hydrogen-bond acceptors (Lipinski definition) is 2. The molecule has 0 unspecified atom stereocenters. The summed E-state index contributed by atoms with van der Waals surface area (Å²) in [6.45, 7) is 5.35. The number of nitrogens with zero attached hydrogens (tertiary/aromatic N) is 2. The third kappa shape index (κ3) is 4.40. The number of aryl methyl sites for hydroxylation is 1. The van der Waals surface area contributed by atoms with E-state index >= 15 is 0 Å². The van der Waals surface area contributed by atoms with Crippen LogP contribution in [0.1, 0.15) is 32.9 Å². The molecule has 1 aromatic heterocycles. The molecule has 0 aliphatic heterocycles. The highest BCUT2D eigenvalue weighted by atomic mass is 16.1. The zero-order valence-electron chi connectivity index (χ0n) is 16.5. The van der Waals surface area contributed by atoms with Crippen molar-refractivity contribution in [3.8, 4) is 0 Å². The number of nitrogens with one attached hydrogen (secondary N) is 1. The maximum atomic E-state index is 12.7. The predicted octanol–water partition coefficient (Wildman–Crippen LogP) is 4.15. The second-order valence-corrected chi connectivity index (χ2v) is 7.10. The summed E-state index contributed by atoms with van der Waals surface area (Å²) >= 11 is 0. The van der Waals surface area contributed by atoms with Gasteiger partial charge in [0.1, 0.15) is 0 Å². The van der Waals surface area contributed by atoms with E-state index in [1.54, 1.807) is 0 Å². The normalized spacial score (nSPS) is 10.7. The Morgan fingerprint density at radius 2 is 1.67 bits per heavy atom. The van der Waals surface area contributed by atoms with E-state index in [9.17, 15) is 4.79 Å². The Kier molecular flexibility index (Phi) is 5.65. The van der Waals surface area contributed by atoms with Crippen LogP contribution in [0, 0.1) is 13.8 Å². The number of carbonyl (C=O) groups is 1. The number of rotatable bonds is 6. The summed E-state index contributed by atoms with van der Waals surface area (Å²) in [5.74, 6) is -0.0299. The molecule has 1 N–H and O–H groups in total. The van der Waals surface area contributed by atoms with Gasteiger partial charge < -0.3 is 14.8 Å². The topological polar surface area (TPSA) is 37.3 Å². The maximum Gasteiger partial charge on any atom is 0.253 e. The molecule has 2 aromatic carbocycles. The molecule has 3 aromatic rings. The van der Waals surface area contributed by atoms with Crippen LogP contribution in [-0.4, -0.2) is 24.6 Å². The molecule has 0 saturated heterocycles. The molecular weight excluding hydrogens is 334 g/mol. The zero-order valence-corrected chi connectivity index (χ0v) is 16.5. The van der Waals surface area contributed by atoms with Crippen LogP contribution < -0.4 is 10.2 Å². The van der Waals surface area contributed by atoms with E-state index in [0.717, 1.165) is 34.7 Å². The summed E-state index contributed by atoms with van der Waals surface area (Å²) in [5, 5.41) is 3.06. The molecule has 1 heterocycles. The molecule has 3 rings (SSSR count). The summed E-state index contributed by atoms with van der Waals surface area (Å²) < 4.78 is 2.19. The number of aromatic nitrogens is 1. The van der Waals surface area contributed by atoms with Crippen LogP contribution in [0.15, 0.2) is 60.7 Å². The number of anilines is 1. The van der Waals surface area contributed by atoms with E-state index in [0.29, 0.717) is 6.54 Å². The highest BCUT2D eigenvalue weighted by Gasteiger charge is 2.15. The standard InChI is InChI=1S/C23H27N3O/c1-17-13-22(18(2)26(17)16-19-9-6-5-7-10-19)23(27)24-15-20-11-8-12-21(14-20)25(3)4/h5-14H,15-16H2,1-4H3,(H,24,27). The largest absolute Gasteiger partial charge is 0.378 e. The lowest BCUT2D eigenvalue weighted by atomic mass is 10.1. The monoisotopic (exact) mass is 361 g/mol. The van der Waals surface area contributed by atoms with Crippen molar-refractivity contribution in [2.75, 3.05) is 19.0 Å². The van der Waals surface area contributed by atoms with Gasteiger partial charge in [0, 0.05) is 44.3 Å². The van der Waals surface area contributed by atoms with Crippen molar-refractivity contribution in [1.29, 1.82) is 0 Å². The Hall–Kier alpha value is -3.01. The van der Waals surface area contributed by atoms with Crippen molar-refractivity contribution in [2.24, 2.45) is 0 Å². The molecule has 0 atom stereocenters. The van der Waals surface area contributed by atoms with Crippen LogP contribution in [0.5, 0.6) is 0 Å². The summed E-state index contributed by atoms with van der Waals surface area (Å²) in [6.07, 6.45) is 0. The average molecular weight is 361 g/mol. The fraction of sp³-hybridized carbons (Fsp3) is 0.261. The second-order valence-electron chi connectivity index (χ2n) is 7.10. The lowest BCUT2D eigenvalue weighted by Gasteiger charge is -2.14. The molecule has 0 bridgehead atoms. The van der Waals surface area contributed by atoms with Crippen molar-refractivity contribution in [2.45, 2.75) is 26.9 Å². The molecular formula is C23H27N3O. The van der Waals surface area contributed by atoms with E-state index in [-0.39, 0.29) is 5.91 Å². The second kappa shape index (κ2) is 8.12. The summed E-state index contributed by atoms with van der Waals surface area (Å²) in [6, 6.07) is 20.5. The first-order valence-corrected chi connectivity index (χ1v) is 9.21. The van der Waals surface area contributed by atoms with Crippen molar-refractivity contribution in [3.05, 3.63) is 88.7 Å². The molecule has 0 aliphatic rings. The fourth-order valence-electron chi connectivity index (χ4n) is 3.26. The minimum atomic E-state index is -0.0299. The average Bonchev–Trinajstić information content (AvgIpc) is 2.95. The minimum Gasteiger partial charge on any atom is -0.378 e. The van der Waals surface area contributed by atoms with Gasteiger partial charge in [0.2, 0.25) is 0 Å². The molecule has 0 radical (unpaired) electrons. The third-order valence-corrected chi connectivity index (χ3v) is 4.88. The first kappa shape index (κ1) is 18.8. The molecule has 0 spiro atoms. The molecule has 1 amide bonds. The lowest BCUT2D eigenvalue weighted by Crippen LogP contribution is -2.23. The van der Waals surface area contributed by atoms with Gasteiger partial charge in [0.25, 0.3) is 5.91 Å². The fourth-order valence-corrected chi connectivity index (χ4v) is 3.26. The van der Waals surface area contributed by atoms with Crippen molar-refractivity contribution < 1.29 is 4.79 Å². The van der Waals surface area contributed by atoms with E-state index in [2.05, 4.69) is 39.0 Å². The van der Waals surface area contributed by atoms with E-state index < -0.39 is 0 Å². The van der Waals surface area contributed by atoms with Crippen LogP contribution in [-0.2, 0) is 13.1 Å². The van der Waals surface area contributed by atoms with Crippen LogP contribution in [0.2, 0.25) is 0 Å². The van der Waals surface area contributed by atoms with Gasteiger partial charge >= 0.3 is 0 Å². The van der Waals surface area contributed by atoms with Crippen LogP contribution in [0.4, 0.5) is 5.69 Å². The van der Waals surface area contributed by atoms with Crippen LogP contribution in [0.25, 0.3) is 0 Å². The van der Waals surface area contributed by atoms with Crippen molar-refractivity contribution in [3.63, 3.8) is 0 Å². The van der Waals surface area contributed by atoms with Gasteiger partial charge in [-0.3, -0.25) is 4.79 Å². The van der Waals surface area contributed by atoms with Crippen LogP contribution in [0.3, 0.4) is 0 Å². The van der Waals surface area contributed by atoms with Gasteiger partial charge in [0.15, 0.2) is 0 Å². The first-order valence-electron chi connectivity index (χ1n) is 9.21. The molecule has 0 fully saturated rings. The summed E-state index contributed by atoms with van der Waals surface area (Å²) in [5.41, 5.74) is 6.28. The van der Waals surface area contributed by atoms with Gasteiger partial charge in [0.05, 0.1) is 5.56 Å². The van der Waals surface area contributed by atoms with Gasteiger partial charge in [-0.15, -0.1) is 0 Å². The van der Waals surface area contributed by atoms with Gasteiger partial charge in [-0.05, 0) is 43.2 Å². The zero-order chi connectivity index (χ0) is 19.4. The van der Waals surface area contributed by atoms with Gasteiger partial charge in [-0.1, -0.05) is 42.5 Å². The van der Waals surface area contributed by atoms with E-state index in [1.165, 1.54) is 5.56 Å². The Bertz CT molecular complexity index is 926. The number of hydrogen-bond donors (Lipinski definition) is 1. The predicted molar refractivity (Wildman–Crippen MR) is 111 cm³/mol. The highest BCUT2D eigenvalue weighted by molar-refractivity contribution is 5.95. The van der Waals surface area contributed by atoms with E-state index in [1.807, 2.05) is 64.3 Å². The Morgan fingerprint density at radius 1 is 0.963 bits per heavy atom. The number of benzene rings is 2. The highest BCUT2D eigenvalue weighted by Crippen LogP contribution is 2.18. The Labute approximate surface area is 161 Å². The first-order chi connectivity index (χ1) is 13.0. The van der Waals surface area contributed by atoms with Crippen molar-refractivity contribution in [1.82, 2.24) is 9.88 Å².